The fraction of sp³-hybridized carbons (Fsp3) is 0.529. The minimum absolute atomic E-state index is 0.00749. The predicted molar refractivity (Wildman–Crippen MR) is 88.0 cm³/mol. The van der Waals surface area contributed by atoms with E-state index in [0.29, 0.717) is 18.1 Å². The van der Waals surface area contributed by atoms with Crippen LogP contribution in [-0.4, -0.2) is 18.9 Å². The van der Waals surface area contributed by atoms with E-state index in [1.54, 1.807) is 0 Å². The second-order valence-electron chi connectivity index (χ2n) is 6.17. The third-order valence-corrected chi connectivity index (χ3v) is 4.99. The fourth-order valence-electron chi connectivity index (χ4n) is 3.07. The molecule has 0 bridgehead atoms. The van der Waals surface area contributed by atoms with Crippen molar-refractivity contribution >= 4 is 29.3 Å². The molecule has 0 amide bonds. The van der Waals surface area contributed by atoms with Gasteiger partial charge in [0.05, 0.1) is 11.6 Å². The molecule has 1 aromatic carbocycles. The molecule has 2 nitrogen and oxygen atoms in total. The summed E-state index contributed by atoms with van der Waals surface area (Å²) in [6.45, 7) is 0.455. The molecule has 0 saturated heterocycles. The summed E-state index contributed by atoms with van der Waals surface area (Å²) in [6, 6.07) is 1.52. The summed E-state index contributed by atoms with van der Waals surface area (Å²) >= 11 is 12.4. The van der Waals surface area contributed by atoms with Crippen LogP contribution in [0.4, 0.5) is 13.2 Å². The van der Waals surface area contributed by atoms with Crippen molar-refractivity contribution < 1.29 is 22.6 Å². The molecule has 1 atom stereocenters. The average molecular weight is 381 g/mol. The largest absolute Gasteiger partial charge is 0.490 e. The number of hydrogen-bond donors (Lipinski definition) is 0. The average Bonchev–Trinajstić information content (AvgIpc) is 2.54. The molecule has 1 fully saturated rings. The normalized spacial score (nSPS) is 21.3. The van der Waals surface area contributed by atoms with E-state index in [1.165, 1.54) is 31.4 Å². The lowest BCUT2D eigenvalue weighted by Crippen LogP contribution is -2.34. The molecule has 1 unspecified atom stereocenters. The van der Waals surface area contributed by atoms with E-state index in [9.17, 15) is 13.2 Å². The molecule has 1 aliphatic carbocycles. The highest BCUT2D eigenvalue weighted by Gasteiger charge is 2.42. The van der Waals surface area contributed by atoms with Crippen LogP contribution in [0.1, 0.15) is 37.7 Å². The van der Waals surface area contributed by atoms with Crippen molar-refractivity contribution in [1.82, 2.24) is 0 Å². The number of halogens is 5. The van der Waals surface area contributed by atoms with Gasteiger partial charge in [0.15, 0.2) is 5.75 Å². The minimum Gasteiger partial charge on any atom is -0.490 e. The maximum Gasteiger partial charge on any atom is 0.429 e. The zero-order valence-electron chi connectivity index (χ0n) is 12.8. The summed E-state index contributed by atoms with van der Waals surface area (Å²) < 4.78 is 49.4. The molecule has 0 radical (unpaired) electrons. The minimum atomic E-state index is -4.50. The van der Waals surface area contributed by atoms with Crippen LogP contribution in [0.2, 0.25) is 10.0 Å². The van der Waals surface area contributed by atoms with Crippen LogP contribution >= 0.6 is 23.2 Å². The predicted octanol–water partition coefficient (Wildman–Crippen LogP) is 6.29. The van der Waals surface area contributed by atoms with E-state index in [2.05, 4.69) is 0 Å². The molecule has 1 saturated carbocycles. The number of alkyl halides is 3. The van der Waals surface area contributed by atoms with Crippen molar-refractivity contribution in [1.29, 1.82) is 0 Å². The van der Waals surface area contributed by atoms with Gasteiger partial charge in [-0.1, -0.05) is 48.5 Å². The number of benzene rings is 1. The summed E-state index contributed by atoms with van der Waals surface area (Å²) in [6.07, 6.45) is 1.47. The Kier molecular flexibility index (Phi) is 5.21. The second-order valence-corrected chi connectivity index (χ2v) is 6.96. The standard InChI is InChI=1S/C17H17Cl2F3O2/c18-12-8-11-6-7-13(17(20,21)22)24-15(11)14(19)16(12)23-9-10-4-2-1-3-5-10/h6-8,10,13H,1-5,9H2. The quantitative estimate of drug-likeness (QED) is 0.613. The number of rotatable bonds is 3. The van der Waals surface area contributed by atoms with Gasteiger partial charge >= 0.3 is 6.18 Å². The van der Waals surface area contributed by atoms with Crippen molar-refractivity contribution in [3.05, 3.63) is 27.8 Å². The lowest BCUT2D eigenvalue weighted by molar-refractivity contribution is -0.180. The van der Waals surface area contributed by atoms with Crippen LogP contribution in [-0.2, 0) is 0 Å². The molecule has 1 aliphatic heterocycles. The molecule has 3 rings (SSSR count). The maximum absolute atomic E-state index is 12.9. The summed E-state index contributed by atoms with van der Waals surface area (Å²) in [5.41, 5.74) is 0.413. The Bertz CT molecular complexity index is 638. The monoisotopic (exact) mass is 380 g/mol. The molecular formula is C17H17Cl2F3O2. The Morgan fingerprint density at radius 2 is 1.88 bits per heavy atom. The second kappa shape index (κ2) is 7.04. The molecule has 0 aromatic heterocycles. The van der Waals surface area contributed by atoms with Gasteiger partial charge in [0.25, 0.3) is 0 Å². The van der Waals surface area contributed by atoms with Crippen molar-refractivity contribution in [3.8, 4) is 11.5 Å². The summed E-state index contributed by atoms with van der Waals surface area (Å²) in [7, 11) is 0. The molecule has 0 N–H and O–H groups in total. The third-order valence-electron chi connectivity index (χ3n) is 4.37. The Morgan fingerprint density at radius 3 is 2.54 bits per heavy atom. The highest BCUT2D eigenvalue weighted by molar-refractivity contribution is 6.38. The van der Waals surface area contributed by atoms with Gasteiger partial charge in [0.2, 0.25) is 6.10 Å². The van der Waals surface area contributed by atoms with Crippen molar-refractivity contribution in [3.63, 3.8) is 0 Å². The third kappa shape index (κ3) is 3.77. The Labute approximate surface area is 148 Å². The van der Waals surface area contributed by atoms with E-state index in [4.69, 9.17) is 32.7 Å². The van der Waals surface area contributed by atoms with Crippen LogP contribution in [0, 0.1) is 5.92 Å². The number of hydrogen-bond acceptors (Lipinski definition) is 2. The molecule has 1 aromatic rings. The first kappa shape index (κ1) is 17.7. The number of ether oxygens (including phenoxy) is 2. The zero-order chi connectivity index (χ0) is 17.3. The fourth-order valence-corrected chi connectivity index (χ4v) is 3.69. The molecule has 2 aliphatic rings. The van der Waals surface area contributed by atoms with Gasteiger partial charge in [0.1, 0.15) is 10.8 Å². The first-order valence-corrected chi connectivity index (χ1v) is 8.68. The van der Waals surface area contributed by atoms with Crippen molar-refractivity contribution in [2.75, 3.05) is 6.61 Å². The molecule has 1 heterocycles. The van der Waals surface area contributed by atoms with Gasteiger partial charge in [-0.3, -0.25) is 0 Å². The van der Waals surface area contributed by atoms with Crippen LogP contribution in [0.25, 0.3) is 6.08 Å². The van der Waals surface area contributed by atoms with Gasteiger partial charge in [-0.25, -0.2) is 0 Å². The highest BCUT2D eigenvalue weighted by Crippen LogP contribution is 2.46. The van der Waals surface area contributed by atoms with Gasteiger partial charge in [0, 0.05) is 5.56 Å². The van der Waals surface area contributed by atoms with Gasteiger partial charge in [-0.2, -0.15) is 13.2 Å². The first-order valence-electron chi connectivity index (χ1n) is 7.92. The first-order chi connectivity index (χ1) is 11.4. The van der Waals surface area contributed by atoms with E-state index < -0.39 is 12.3 Å². The molecule has 24 heavy (non-hydrogen) atoms. The lowest BCUT2D eigenvalue weighted by atomic mass is 9.90. The SMILES string of the molecule is FC(F)(F)C1C=Cc2cc(Cl)c(OCC3CCCCC3)c(Cl)c2O1. The molecular weight excluding hydrogens is 364 g/mol. The topological polar surface area (TPSA) is 18.5 Å². The van der Waals surface area contributed by atoms with E-state index >= 15 is 0 Å². The van der Waals surface area contributed by atoms with Crippen molar-refractivity contribution in [2.45, 2.75) is 44.4 Å². The van der Waals surface area contributed by atoms with Crippen molar-refractivity contribution in [2.24, 2.45) is 5.92 Å². The van der Waals surface area contributed by atoms with E-state index in [1.807, 2.05) is 0 Å². The Balaban J connectivity index is 1.80. The van der Waals surface area contributed by atoms with Crippen LogP contribution in [0.15, 0.2) is 12.1 Å². The summed E-state index contributed by atoms with van der Waals surface area (Å²) in [5.74, 6) is 0.578. The highest BCUT2D eigenvalue weighted by atomic mass is 35.5. The van der Waals surface area contributed by atoms with E-state index in [0.717, 1.165) is 18.9 Å². The van der Waals surface area contributed by atoms with Crippen LogP contribution in [0.3, 0.4) is 0 Å². The Morgan fingerprint density at radius 1 is 1.17 bits per heavy atom. The smallest absolute Gasteiger partial charge is 0.429 e. The lowest BCUT2D eigenvalue weighted by Gasteiger charge is -2.26. The van der Waals surface area contributed by atoms with Gasteiger partial charge in [-0.15, -0.1) is 0 Å². The van der Waals surface area contributed by atoms with Crippen LogP contribution in [0.5, 0.6) is 11.5 Å². The molecule has 132 valence electrons. The molecule has 7 heteroatoms. The van der Waals surface area contributed by atoms with Gasteiger partial charge in [-0.05, 0) is 30.9 Å². The number of fused-ring (bicyclic) bond motifs is 1. The molecule has 0 spiro atoms. The van der Waals surface area contributed by atoms with E-state index in [-0.39, 0.29) is 21.5 Å². The van der Waals surface area contributed by atoms with Crippen LogP contribution < -0.4 is 9.47 Å². The van der Waals surface area contributed by atoms with Gasteiger partial charge < -0.3 is 9.47 Å². The maximum atomic E-state index is 12.9. The zero-order valence-corrected chi connectivity index (χ0v) is 14.3. The Hall–Kier alpha value is -1.07. The summed E-state index contributed by atoms with van der Waals surface area (Å²) in [4.78, 5) is 0. The summed E-state index contributed by atoms with van der Waals surface area (Å²) in [5, 5.41) is 0.264.